The number of amides is 1. The van der Waals surface area contributed by atoms with Crippen molar-refractivity contribution in [2.24, 2.45) is 5.92 Å². The van der Waals surface area contributed by atoms with Crippen LogP contribution in [-0.2, 0) is 6.42 Å². The number of carbonyl (C=O) groups is 1. The quantitative estimate of drug-likeness (QED) is 0.390. The fourth-order valence-corrected chi connectivity index (χ4v) is 4.95. The Hall–Kier alpha value is -3.66. The van der Waals surface area contributed by atoms with Gasteiger partial charge in [-0.3, -0.25) is 9.78 Å². The molecule has 0 saturated carbocycles. The molecule has 3 aromatic carbocycles. The van der Waals surface area contributed by atoms with Crippen LogP contribution in [0, 0.1) is 12.8 Å². The number of carbonyl (C=O) groups excluding carboxylic acids is 1. The minimum atomic E-state index is 0.130. The molecule has 0 radical (unpaired) electrons. The van der Waals surface area contributed by atoms with E-state index < -0.39 is 0 Å². The van der Waals surface area contributed by atoms with E-state index in [2.05, 4.69) is 35.3 Å². The highest BCUT2D eigenvalue weighted by Gasteiger charge is 2.28. The van der Waals surface area contributed by atoms with E-state index >= 15 is 0 Å². The van der Waals surface area contributed by atoms with E-state index in [-0.39, 0.29) is 5.91 Å². The number of aromatic nitrogens is 1. The van der Waals surface area contributed by atoms with Gasteiger partial charge >= 0.3 is 0 Å². The summed E-state index contributed by atoms with van der Waals surface area (Å²) in [6, 6.07) is 24.4. The van der Waals surface area contributed by atoms with Crippen molar-refractivity contribution < 1.29 is 9.53 Å². The molecule has 0 unspecified atom stereocenters. The van der Waals surface area contributed by atoms with E-state index in [4.69, 9.17) is 4.74 Å². The highest BCUT2D eigenvalue weighted by Crippen LogP contribution is 2.30. The lowest BCUT2D eigenvalue weighted by atomic mass is 9.95. The van der Waals surface area contributed by atoms with Gasteiger partial charge in [0.05, 0.1) is 12.6 Å². The summed E-state index contributed by atoms with van der Waals surface area (Å²) in [4.78, 5) is 20.0. The van der Waals surface area contributed by atoms with Crippen LogP contribution in [0.5, 0.6) is 5.75 Å². The standard InChI is InChI=1S/C29H28N2O2/c1-20-25(22-10-12-24(33-2)13-11-22)7-5-8-26(20)29(32)31-17-15-21(19-31)18-23-14-16-30-28-9-4-3-6-27(23)28/h3-14,16,21H,15,17-19H2,1-2H3/t21-/m0/s1. The van der Waals surface area contributed by atoms with Crippen LogP contribution < -0.4 is 4.74 Å². The molecule has 0 bridgehead atoms. The Morgan fingerprint density at radius 1 is 1.03 bits per heavy atom. The van der Waals surface area contributed by atoms with Crippen molar-refractivity contribution in [1.29, 1.82) is 0 Å². The Labute approximate surface area is 194 Å². The molecule has 1 aliphatic rings. The van der Waals surface area contributed by atoms with Gasteiger partial charge in [0.1, 0.15) is 5.75 Å². The summed E-state index contributed by atoms with van der Waals surface area (Å²) in [6.07, 6.45) is 3.89. The van der Waals surface area contributed by atoms with Gasteiger partial charge in [-0.25, -0.2) is 0 Å². The van der Waals surface area contributed by atoms with E-state index in [0.717, 1.165) is 59.5 Å². The lowest BCUT2D eigenvalue weighted by Gasteiger charge is -2.19. The molecule has 1 amide bonds. The van der Waals surface area contributed by atoms with Gasteiger partial charge in [0.15, 0.2) is 0 Å². The zero-order valence-electron chi connectivity index (χ0n) is 19.1. The Morgan fingerprint density at radius 3 is 2.67 bits per heavy atom. The minimum absolute atomic E-state index is 0.130. The minimum Gasteiger partial charge on any atom is -0.497 e. The van der Waals surface area contributed by atoms with E-state index in [9.17, 15) is 4.79 Å². The molecule has 0 N–H and O–H groups in total. The number of benzene rings is 3. The second-order valence-electron chi connectivity index (χ2n) is 8.80. The third kappa shape index (κ3) is 4.21. The summed E-state index contributed by atoms with van der Waals surface area (Å²) in [5.74, 6) is 1.42. The van der Waals surface area contributed by atoms with Crippen molar-refractivity contribution in [3.63, 3.8) is 0 Å². The maximum absolute atomic E-state index is 13.5. The lowest BCUT2D eigenvalue weighted by Crippen LogP contribution is -2.29. The van der Waals surface area contributed by atoms with E-state index in [1.807, 2.05) is 60.5 Å². The molecule has 1 fully saturated rings. The molecule has 166 valence electrons. The second-order valence-corrected chi connectivity index (χ2v) is 8.80. The fourth-order valence-electron chi connectivity index (χ4n) is 4.95. The molecule has 4 aromatic rings. The van der Waals surface area contributed by atoms with Crippen molar-refractivity contribution in [3.05, 3.63) is 95.7 Å². The first-order chi connectivity index (χ1) is 16.1. The Kier molecular flexibility index (Phi) is 5.82. The van der Waals surface area contributed by atoms with Crippen LogP contribution in [0.1, 0.15) is 27.9 Å². The molecule has 4 nitrogen and oxygen atoms in total. The maximum atomic E-state index is 13.5. The zero-order valence-corrected chi connectivity index (χ0v) is 19.1. The number of nitrogens with zero attached hydrogens (tertiary/aromatic N) is 2. The summed E-state index contributed by atoms with van der Waals surface area (Å²) in [5.41, 5.74) is 6.34. The summed E-state index contributed by atoms with van der Waals surface area (Å²) in [5, 5.41) is 1.22. The van der Waals surface area contributed by atoms with Crippen molar-refractivity contribution in [2.45, 2.75) is 19.8 Å². The average Bonchev–Trinajstić information content (AvgIpc) is 3.33. The Morgan fingerprint density at radius 2 is 1.85 bits per heavy atom. The normalized spacial score (nSPS) is 15.7. The van der Waals surface area contributed by atoms with Crippen molar-refractivity contribution >= 4 is 16.8 Å². The third-order valence-electron chi connectivity index (χ3n) is 6.79. The summed E-state index contributed by atoms with van der Waals surface area (Å²) in [6.45, 7) is 3.64. The number of likely N-dealkylation sites (tertiary alicyclic amines) is 1. The molecule has 2 heterocycles. The molecule has 1 aliphatic heterocycles. The summed E-state index contributed by atoms with van der Waals surface area (Å²) in [7, 11) is 1.67. The van der Waals surface area contributed by atoms with Gasteiger partial charge in [-0.2, -0.15) is 0 Å². The molecule has 5 rings (SSSR count). The predicted octanol–water partition coefficient (Wildman–Crippen LogP) is 5.92. The first-order valence-corrected chi connectivity index (χ1v) is 11.5. The number of hydrogen-bond acceptors (Lipinski definition) is 3. The van der Waals surface area contributed by atoms with Gasteiger partial charge < -0.3 is 9.64 Å². The van der Waals surface area contributed by atoms with Crippen LogP contribution in [0.2, 0.25) is 0 Å². The number of rotatable bonds is 5. The monoisotopic (exact) mass is 436 g/mol. The molecular weight excluding hydrogens is 408 g/mol. The SMILES string of the molecule is COc1ccc(-c2cccc(C(=O)N3CC[C@@H](Cc4ccnc5ccccc45)C3)c2C)cc1. The van der Waals surface area contributed by atoms with Crippen LogP contribution in [0.4, 0.5) is 0 Å². The van der Waals surface area contributed by atoms with E-state index in [1.54, 1.807) is 7.11 Å². The molecule has 1 atom stereocenters. The smallest absolute Gasteiger partial charge is 0.254 e. The molecule has 1 aromatic heterocycles. The van der Waals surface area contributed by atoms with Crippen molar-refractivity contribution in [1.82, 2.24) is 9.88 Å². The van der Waals surface area contributed by atoms with E-state index in [1.165, 1.54) is 10.9 Å². The van der Waals surface area contributed by atoms with Gasteiger partial charge in [-0.05, 0) is 78.3 Å². The highest BCUT2D eigenvalue weighted by atomic mass is 16.5. The Bertz CT molecular complexity index is 1290. The fraction of sp³-hybridized carbons (Fsp3) is 0.241. The molecule has 4 heteroatoms. The van der Waals surface area contributed by atoms with Crippen molar-refractivity contribution in [2.75, 3.05) is 20.2 Å². The van der Waals surface area contributed by atoms with Gasteiger partial charge in [0.25, 0.3) is 5.91 Å². The van der Waals surface area contributed by atoms with Crippen LogP contribution in [0.3, 0.4) is 0 Å². The first-order valence-electron chi connectivity index (χ1n) is 11.5. The van der Waals surface area contributed by atoms with Crippen LogP contribution in [0.15, 0.2) is 79.0 Å². The van der Waals surface area contributed by atoms with Crippen molar-refractivity contribution in [3.8, 4) is 16.9 Å². The maximum Gasteiger partial charge on any atom is 0.254 e. The number of fused-ring (bicyclic) bond motifs is 1. The molecule has 0 aliphatic carbocycles. The molecule has 0 spiro atoms. The number of para-hydroxylation sites is 1. The number of pyridine rings is 1. The molecular formula is C29H28N2O2. The largest absolute Gasteiger partial charge is 0.497 e. The predicted molar refractivity (Wildman–Crippen MR) is 133 cm³/mol. The van der Waals surface area contributed by atoms with Gasteiger partial charge in [-0.15, -0.1) is 0 Å². The van der Waals surface area contributed by atoms with Gasteiger partial charge in [0, 0.05) is 30.2 Å². The van der Waals surface area contributed by atoms with Crippen LogP contribution in [-0.4, -0.2) is 36.0 Å². The van der Waals surface area contributed by atoms with Crippen LogP contribution in [0.25, 0.3) is 22.0 Å². The Balaban J connectivity index is 1.33. The highest BCUT2D eigenvalue weighted by molar-refractivity contribution is 5.97. The number of methoxy groups -OCH3 is 1. The topological polar surface area (TPSA) is 42.4 Å². The summed E-state index contributed by atoms with van der Waals surface area (Å²) < 4.78 is 5.28. The van der Waals surface area contributed by atoms with Crippen LogP contribution >= 0.6 is 0 Å². The van der Waals surface area contributed by atoms with E-state index in [0.29, 0.717) is 5.92 Å². The second kappa shape index (κ2) is 9.07. The number of ether oxygens (including phenoxy) is 1. The average molecular weight is 437 g/mol. The molecule has 33 heavy (non-hydrogen) atoms. The third-order valence-corrected chi connectivity index (χ3v) is 6.79. The molecule has 1 saturated heterocycles. The lowest BCUT2D eigenvalue weighted by molar-refractivity contribution is 0.0786. The zero-order chi connectivity index (χ0) is 22.8. The first kappa shape index (κ1) is 21.2. The number of hydrogen-bond donors (Lipinski definition) is 0. The summed E-state index contributed by atoms with van der Waals surface area (Å²) >= 11 is 0. The van der Waals surface area contributed by atoms with Gasteiger partial charge in [-0.1, -0.05) is 42.5 Å². The van der Waals surface area contributed by atoms with Gasteiger partial charge in [0.2, 0.25) is 0 Å².